The van der Waals surface area contributed by atoms with Crippen molar-refractivity contribution in [2.24, 2.45) is 0 Å². The molecule has 4 heterocycles. The molecular formula is C29H30N4O6. The third-order valence-electron chi connectivity index (χ3n) is 6.71. The molecule has 2 N–H and O–H groups in total. The van der Waals surface area contributed by atoms with Crippen LogP contribution in [0.1, 0.15) is 28.0 Å². The lowest BCUT2D eigenvalue weighted by Crippen LogP contribution is -2.45. The van der Waals surface area contributed by atoms with E-state index in [4.69, 9.17) is 14.2 Å². The van der Waals surface area contributed by atoms with Crippen LogP contribution in [0, 0.1) is 0 Å². The zero-order chi connectivity index (χ0) is 27.2. The van der Waals surface area contributed by atoms with Gasteiger partial charge in [0.05, 0.1) is 19.7 Å². The van der Waals surface area contributed by atoms with Crippen LogP contribution in [0.25, 0.3) is 0 Å². The molecule has 0 aliphatic carbocycles. The molecule has 1 saturated heterocycles. The number of likely N-dealkylation sites (tertiary alicyclic amines) is 1. The minimum Gasteiger partial charge on any atom is -0.493 e. The number of ether oxygens (including phenoxy) is 3. The molecule has 4 bridgehead atoms. The largest absolute Gasteiger partial charge is 0.493 e. The number of methoxy groups -OCH3 is 1. The zero-order valence-corrected chi connectivity index (χ0v) is 21.6. The molecule has 0 unspecified atom stereocenters. The van der Waals surface area contributed by atoms with E-state index >= 15 is 0 Å². The lowest BCUT2D eigenvalue weighted by molar-refractivity contribution is -0.123. The van der Waals surface area contributed by atoms with E-state index in [2.05, 4.69) is 15.6 Å². The second-order valence-corrected chi connectivity index (χ2v) is 9.45. The highest BCUT2D eigenvalue weighted by atomic mass is 16.5. The summed E-state index contributed by atoms with van der Waals surface area (Å²) >= 11 is 0. The smallest absolute Gasteiger partial charge is 0.272 e. The molecule has 6 rings (SSSR count). The van der Waals surface area contributed by atoms with Crippen LogP contribution in [0.15, 0.2) is 66.9 Å². The number of rotatable bonds is 2. The van der Waals surface area contributed by atoms with E-state index < -0.39 is 12.1 Å². The van der Waals surface area contributed by atoms with Crippen molar-refractivity contribution < 1.29 is 28.6 Å². The van der Waals surface area contributed by atoms with Gasteiger partial charge in [0.2, 0.25) is 5.91 Å². The molecule has 0 saturated carbocycles. The first-order valence-corrected chi connectivity index (χ1v) is 12.8. The minimum absolute atomic E-state index is 0.160. The molecule has 1 aromatic heterocycles. The number of carbonyl (C=O) groups excluding carboxylic acids is 3. The Balaban J connectivity index is 1.38. The number of benzene rings is 2. The third kappa shape index (κ3) is 6.46. The van der Waals surface area contributed by atoms with E-state index in [-0.39, 0.29) is 30.7 Å². The molecule has 3 aliphatic heterocycles. The van der Waals surface area contributed by atoms with E-state index in [9.17, 15) is 14.4 Å². The van der Waals surface area contributed by atoms with E-state index in [0.29, 0.717) is 49.0 Å². The lowest BCUT2D eigenvalue weighted by Gasteiger charge is -2.21. The molecule has 39 heavy (non-hydrogen) atoms. The normalized spacial score (nSPS) is 19.8. The summed E-state index contributed by atoms with van der Waals surface area (Å²) in [6, 6.07) is 17.5. The molecule has 1 fully saturated rings. The molecule has 3 aliphatic rings. The Morgan fingerprint density at radius 2 is 1.82 bits per heavy atom. The van der Waals surface area contributed by atoms with Crippen molar-refractivity contribution in [2.75, 3.05) is 26.8 Å². The Morgan fingerprint density at radius 1 is 1.00 bits per heavy atom. The number of fused-ring (bicyclic) bond motifs is 9. The standard InChI is InChI=1S/C29H30N4O6/c1-37-24-11-7-19-8-12-27(34)32-23-16-33(29(36)22-4-2-3-13-30-22)17-26(23)39-21-9-5-20(6-10-21)15-31-28(35)18-38-25(24)14-19/h2-7,9-11,13-14,23,26H,8,12,15-18H2,1H3,(H,31,35)(H,32,34)/t23-,26-/m0/s1. The SMILES string of the molecule is COc1ccc2cc1OCC(=O)NCc1ccc(cc1)O[C@H]1CN(C(=O)c3ccccn3)C[C@@H]1NC(=O)CC2. The van der Waals surface area contributed by atoms with Crippen LogP contribution >= 0.6 is 0 Å². The average Bonchev–Trinajstić information content (AvgIpc) is 3.35. The summed E-state index contributed by atoms with van der Waals surface area (Å²) in [5, 5.41) is 5.91. The molecule has 10 heteroatoms. The van der Waals surface area contributed by atoms with Gasteiger partial charge in [-0.25, -0.2) is 0 Å². The van der Waals surface area contributed by atoms with Gasteiger partial charge in [-0.3, -0.25) is 19.4 Å². The van der Waals surface area contributed by atoms with Crippen molar-refractivity contribution in [3.63, 3.8) is 0 Å². The number of nitrogens with one attached hydrogen (secondary N) is 2. The monoisotopic (exact) mass is 530 g/mol. The van der Waals surface area contributed by atoms with Gasteiger partial charge in [0.1, 0.15) is 17.5 Å². The van der Waals surface area contributed by atoms with Gasteiger partial charge in [-0.05, 0) is 53.9 Å². The molecule has 0 spiro atoms. The molecule has 2 atom stereocenters. The summed E-state index contributed by atoms with van der Waals surface area (Å²) < 4.78 is 17.4. The quantitative estimate of drug-likeness (QED) is 0.521. The molecule has 2 aromatic carbocycles. The summed E-state index contributed by atoms with van der Waals surface area (Å²) in [4.78, 5) is 44.3. The number of pyridine rings is 1. The van der Waals surface area contributed by atoms with Crippen molar-refractivity contribution in [1.29, 1.82) is 0 Å². The van der Waals surface area contributed by atoms with Crippen LogP contribution in [0.2, 0.25) is 0 Å². The first kappa shape index (κ1) is 26.0. The highest BCUT2D eigenvalue weighted by Crippen LogP contribution is 2.29. The maximum absolute atomic E-state index is 13.1. The highest BCUT2D eigenvalue weighted by Gasteiger charge is 2.38. The Labute approximate surface area is 226 Å². The third-order valence-corrected chi connectivity index (χ3v) is 6.71. The van der Waals surface area contributed by atoms with Crippen molar-refractivity contribution in [1.82, 2.24) is 20.5 Å². The Morgan fingerprint density at radius 3 is 2.59 bits per heavy atom. The zero-order valence-electron chi connectivity index (χ0n) is 21.6. The number of aryl methyl sites for hydroxylation is 1. The van der Waals surface area contributed by atoms with Crippen molar-refractivity contribution in [3.05, 3.63) is 83.7 Å². The first-order chi connectivity index (χ1) is 19.0. The molecular weight excluding hydrogens is 500 g/mol. The van der Waals surface area contributed by atoms with Crippen LogP contribution in [-0.4, -0.2) is 66.6 Å². The minimum atomic E-state index is -0.449. The van der Waals surface area contributed by atoms with Gasteiger partial charge in [0.15, 0.2) is 18.1 Å². The van der Waals surface area contributed by atoms with Crippen LogP contribution in [0.4, 0.5) is 0 Å². The van der Waals surface area contributed by atoms with E-state index in [1.165, 1.54) is 7.11 Å². The number of nitrogens with zero attached hydrogens (tertiary/aromatic N) is 2. The fourth-order valence-corrected chi connectivity index (χ4v) is 4.63. The van der Waals surface area contributed by atoms with Crippen molar-refractivity contribution in [2.45, 2.75) is 31.5 Å². The average molecular weight is 531 g/mol. The van der Waals surface area contributed by atoms with Gasteiger partial charge < -0.3 is 29.7 Å². The summed E-state index contributed by atoms with van der Waals surface area (Å²) in [6.45, 7) is 0.764. The number of hydrogen-bond donors (Lipinski definition) is 2. The highest BCUT2D eigenvalue weighted by molar-refractivity contribution is 5.92. The van der Waals surface area contributed by atoms with Gasteiger partial charge in [0, 0.05) is 25.7 Å². The van der Waals surface area contributed by atoms with Crippen molar-refractivity contribution >= 4 is 17.7 Å². The van der Waals surface area contributed by atoms with Crippen LogP contribution in [0.5, 0.6) is 17.2 Å². The Bertz CT molecular complexity index is 1330. The van der Waals surface area contributed by atoms with Gasteiger partial charge in [-0.15, -0.1) is 0 Å². The number of carbonyl (C=O) groups is 3. The molecule has 0 radical (unpaired) electrons. The van der Waals surface area contributed by atoms with E-state index in [0.717, 1.165) is 11.1 Å². The second-order valence-electron chi connectivity index (χ2n) is 9.45. The predicted molar refractivity (Wildman–Crippen MR) is 142 cm³/mol. The molecule has 3 amide bonds. The van der Waals surface area contributed by atoms with Crippen LogP contribution < -0.4 is 24.8 Å². The van der Waals surface area contributed by atoms with Crippen LogP contribution in [0.3, 0.4) is 0 Å². The summed E-state index contributed by atoms with van der Waals surface area (Å²) in [6.07, 6.45) is 1.80. The summed E-state index contributed by atoms with van der Waals surface area (Å²) in [7, 11) is 1.53. The number of amides is 3. The van der Waals surface area contributed by atoms with Crippen molar-refractivity contribution in [3.8, 4) is 17.2 Å². The fraction of sp³-hybridized carbons (Fsp3) is 0.310. The van der Waals surface area contributed by atoms with E-state index in [1.807, 2.05) is 30.3 Å². The second kappa shape index (κ2) is 11.8. The predicted octanol–water partition coefficient (Wildman–Crippen LogP) is 2.12. The van der Waals surface area contributed by atoms with Crippen LogP contribution in [-0.2, 0) is 22.6 Å². The topological polar surface area (TPSA) is 119 Å². The Hall–Kier alpha value is -4.60. The van der Waals surface area contributed by atoms with Gasteiger partial charge in [-0.2, -0.15) is 0 Å². The van der Waals surface area contributed by atoms with Gasteiger partial charge >= 0.3 is 0 Å². The fourth-order valence-electron chi connectivity index (χ4n) is 4.63. The summed E-state index contributed by atoms with van der Waals surface area (Å²) in [5.41, 5.74) is 2.09. The molecule has 3 aromatic rings. The van der Waals surface area contributed by atoms with E-state index in [1.54, 1.807) is 41.4 Å². The molecule has 10 nitrogen and oxygen atoms in total. The lowest BCUT2D eigenvalue weighted by atomic mass is 10.1. The number of aromatic nitrogens is 1. The van der Waals surface area contributed by atoms with Gasteiger partial charge in [-0.1, -0.05) is 24.3 Å². The van der Waals surface area contributed by atoms with Gasteiger partial charge in [0.25, 0.3) is 11.8 Å². The maximum Gasteiger partial charge on any atom is 0.272 e. The Kier molecular flexibility index (Phi) is 7.91. The number of hydrogen-bond acceptors (Lipinski definition) is 7. The first-order valence-electron chi connectivity index (χ1n) is 12.8. The maximum atomic E-state index is 13.1. The molecule has 202 valence electrons. The summed E-state index contributed by atoms with van der Waals surface area (Å²) in [5.74, 6) is 0.887.